The molecule has 1 aromatic heterocycles. The largest absolute Gasteiger partial charge is 0.454 e. The molecule has 1 N–H and O–H groups in total. The van der Waals surface area contributed by atoms with Crippen LogP contribution in [0.4, 0.5) is 5.69 Å². The topological polar surface area (TPSA) is 51.6 Å². The van der Waals surface area contributed by atoms with Gasteiger partial charge in [0.2, 0.25) is 6.79 Å². The molecule has 2 aliphatic heterocycles. The number of fused-ring (bicyclic) bond motifs is 1. The van der Waals surface area contributed by atoms with Crippen molar-refractivity contribution in [1.82, 2.24) is 15.1 Å². The highest BCUT2D eigenvalue weighted by molar-refractivity contribution is 5.57. The predicted molar refractivity (Wildman–Crippen MR) is 108 cm³/mol. The molecule has 2 aliphatic rings. The van der Waals surface area contributed by atoms with Gasteiger partial charge in [0.25, 0.3) is 0 Å². The fourth-order valence-corrected chi connectivity index (χ4v) is 3.85. The number of piperidine rings is 1. The summed E-state index contributed by atoms with van der Waals surface area (Å²) in [4.78, 5) is 2.42. The number of ether oxygens (including phenoxy) is 2. The first kappa shape index (κ1) is 17.1. The van der Waals surface area contributed by atoms with Crippen molar-refractivity contribution in [3.63, 3.8) is 0 Å². The Hall–Kier alpha value is -2.99. The SMILES string of the molecule is c1ccc(-n2ccc(CNC3CCN(c4ccc5c(c4)OCO5)CC3)n2)cc1. The number of benzene rings is 2. The van der Waals surface area contributed by atoms with E-state index in [0.717, 1.165) is 55.4 Å². The quantitative estimate of drug-likeness (QED) is 0.740. The summed E-state index contributed by atoms with van der Waals surface area (Å²) >= 11 is 0. The number of hydrogen-bond donors (Lipinski definition) is 1. The number of nitrogens with zero attached hydrogens (tertiary/aromatic N) is 3. The van der Waals surface area contributed by atoms with E-state index < -0.39 is 0 Å². The molecule has 1 saturated heterocycles. The first-order chi connectivity index (χ1) is 13.8. The van der Waals surface area contributed by atoms with Gasteiger partial charge in [0.15, 0.2) is 11.5 Å². The third kappa shape index (κ3) is 3.55. The molecule has 0 radical (unpaired) electrons. The fourth-order valence-electron chi connectivity index (χ4n) is 3.85. The standard InChI is InChI=1S/C22H24N4O2/c1-2-4-19(5-3-1)26-13-10-18(24-26)15-23-17-8-11-25(12-9-17)20-6-7-21-22(14-20)28-16-27-21/h1-7,10,13-14,17,23H,8-9,11-12,15-16H2. The number of aromatic nitrogens is 2. The highest BCUT2D eigenvalue weighted by Crippen LogP contribution is 2.36. The lowest BCUT2D eigenvalue weighted by Crippen LogP contribution is -2.42. The van der Waals surface area contributed by atoms with Crippen molar-refractivity contribution in [2.45, 2.75) is 25.4 Å². The molecule has 0 amide bonds. The van der Waals surface area contributed by atoms with E-state index in [2.05, 4.69) is 45.6 Å². The zero-order chi connectivity index (χ0) is 18.8. The van der Waals surface area contributed by atoms with Gasteiger partial charge in [0, 0.05) is 43.6 Å². The molecule has 3 aromatic rings. The first-order valence-electron chi connectivity index (χ1n) is 9.83. The monoisotopic (exact) mass is 376 g/mol. The van der Waals surface area contributed by atoms with Crippen molar-refractivity contribution in [3.05, 3.63) is 66.5 Å². The third-order valence-corrected chi connectivity index (χ3v) is 5.45. The summed E-state index contributed by atoms with van der Waals surface area (Å²) in [5.41, 5.74) is 3.37. The van der Waals surface area contributed by atoms with Gasteiger partial charge in [-0.1, -0.05) is 18.2 Å². The number of para-hydroxylation sites is 1. The Kier molecular flexibility index (Phi) is 4.62. The summed E-state index contributed by atoms with van der Waals surface area (Å²) in [7, 11) is 0. The maximum absolute atomic E-state index is 5.50. The molecule has 5 rings (SSSR count). The van der Waals surface area contributed by atoms with Gasteiger partial charge in [0.05, 0.1) is 11.4 Å². The van der Waals surface area contributed by atoms with Crippen LogP contribution in [0.25, 0.3) is 5.69 Å². The van der Waals surface area contributed by atoms with E-state index in [0.29, 0.717) is 12.8 Å². The highest BCUT2D eigenvalue weighted by Gasteiger charge is 2.21. The summed E-state index contributed by atoms with van der Waals surface area (Å²) < 4.78 is 12.8. The lowest BCUT2D eigenvalue weighted by atomic mass is 10.0. The molecule has 6 heteroatoms. The Morgan fingerprint density at radius 1 is 0.929 bits per heavy atom. The van der Waals surface area contributed by atoms with Crippen molar-refractivity contribution in [1.29, 1.82) is 0 Å². The number of rotatable bonds is 5. The van der Waals surface area contributed by atoms with Crippen LogP contribution in [-0.4, -0.2) is 35.7 Å². The van der Waals surface area contributed by atoms with Crippen LogP contribution in [0.15, 0.2) is 60.8 Å². The van der Waals surface area contributed by atoms with Gasteiger partial charge in [-0.2, -0.15) is 5.10 Å². The molecule has 0 bridgehead atoms. The molecular weight excluding hydrogens is 352 g/mol. The number of nitrogens with one attached hydrogen (secondary N) is 1. The van der Waals surface area contributed by atoms with Crippen LogP contribution in [-0.2, 0) is 6.54 Å². The van der Waals surface area contributed by atoms with E-state index in [4.69, 9.17) is 9.47 Å². The normalized spacial score (nSPS) is 16.5. The molecule has 0 atom stereocenters. The average molecular weight is 376 g/mol. The van der Waals surface area contributed by atoms with Crippen LogP contribution >= 0.6 is 0 Å². The van der Waals surface area contributed by atoms with Gasteiger partial charge in [-0.25, -0.2) is 4.68 Å². The first-order valence-corrected chi connectivity index (χ1v) is 9.83. The Balaban J connectivity index is 1.13. The predicted octanol–water partition coefficient (Wildman–Crippen LogP) is 3.36. The molecule has 3 heterocycles. The maximum Gasteiger partial charge on any atom is 0.231 e. The minimum absolute atomic E-state index is 0.324. The van der Waals surface area contributed by atoms with Crippen molar-refractivity contribution < 1.29 is 9.47 Å². The van der Waals surface area contributed by atoms with E-state index in [-0.39, 0.29) is 0 Å². The van der Waals surface area contributed by atoms with Crippen molar-refractivity contribution in [2.24, 2.45) is 0 Å². The van der Waals surface area contributed by atoms with Crippen molar-refractivity contribution >= 4 is 5.69 Å². The lowest BCUT2D eigenvalue weighted by molar-refractivity contribution is 0.174. The summed E-state index contributed by atoms with van der Waals surface area (Å²) in [6.45, 7) is 3.20. The number of anilines is 1. The lowest BCUT2D eigenvalue weighted by Gasteiger charge is -2.34. The molecule has 0 unspecified atom stereocenters. The molecule has 1 fully saturated rings. The van der Waals surface area contributed by atoms with Crippen molar-refractivity contribution in [3.8, 4) is 17.2 Å². The molecule has 28 heavy (non-hydrogen) atoms. The second kappa shape index (κ2) is 7.56. The van der Waals surface area contributed by atoms with Gasteiger partial charge in [0.1, 0.15) is 0 Å². The molecule has 0 saturated carbocycles. The summed E-state index contributed by atoms with van der Waals surface area (Å²) in [5, 5.41) is 8.35. The van der Waals surface area contributed by atoms with Crippen LogP contribution in [0.2, 0.25) is 0 Å². The zero-order valence-corrected chi connectivity index (χ0v) is 15.8. The average Bonchev–Trinajstić information content (AvgIpc) is 3.42. The molecule has 0 spiro atoms. The fraction of sp³-hybridized carbons (Fsp3) is 0.318. The molecule has 0 aliphatic carbocycles. The van der Waals surface area contributed by atoms with Gasteiger partial charge >= 0.3 is 0 Å². The van der Waals surface area contributed by atoms with E-state index in [1.807, 2.05) is 35.1 Å². The van der Waals surface area contributed by atoms with E-state index >= 15 is 0 Å². The molecule has 6 nitrogen and oxygen atoms in total. The minimum Gasteiger partial charge on any atom is -0.454 e. The van der Waals surface area contributed by atoms with E-state index in [1.165, 1.54) is 5.69 Å². The van der Waals surface area contributed by atoms with Crippen LogP contribution in [0.3, 0.4) is 0 Å². The summed E-state index contributed by atoms with van der Waals surface area (Å²) in [6.07, 6.45) is 4.26. The van der Waals surface area contributed by atoms with Crippen LogP contribution < -0.4 is 19.7 Å². The molecular formula is C22H24N4O2. The van der Waals surface area contributed by atoms with E-state index in [1.54, 1.807) is 0 Å². The van der Waals surface area contributed by atoms with Crippen molar-refractivity contribution in [2.75, 3.05) is 24.8 Å². The minimum atomic E-state index is 0.324. The Morgan fingerprint density at radius 3 is 2.61 bits per heavy atom. The van der Waals surface area contributed by atoms with Crippen LogP contribution in [0, 0.1) is 0 Å². The zero-order valence-electron chi connectivity index (χ0n) is 15.8. The highest BCUT2D eigenvalue weighted by atomic mass is 16.7. The third-order valence-electron chi connectivity index (χ3n) is 5.45. The maximum atomic E-state index is 5.50. The number of hydrogen-bond acceptors (Lipinski definition) is 5. The van der Waals surface area contributed by atoms with Gasteiger partial charge in [-0.05, 0) is 43.2 Å². The second-order valence-corrected chi connectivity index (χ2v) is 7.27. The summed E-state index contributed by atoms with van der Waals surface area (Å²) in [6, 6.07) is 19.0. The molecule has 2 aromatic carbocycles. The summed E-state index contributed by atoms with van der Waals surface area (Å²) in [5.74, 6) is 1.70. The Morgan fingerprint density at radius 2 is 1.75 bits per heavy atom. The van der Waals surface area contributed by atoms with E-state index in [9.17, 15) is 0 Å². The Labute approximate surface area is 164 Å². The second-order valence-electron chi connectivity index (χ2n) is 7.27. The van der Waals surface area contributed by atoms with Crippen LogP contribution in [0.5, 0.6) is 11.5 Å². The van der Waals surface area contributed by atoms with Gasteiger partial charge in [-0.15, -0.1) is 0 Å². The Bertz CT molecular complexity index is 933. The van der Waals surface area contributed by atoms with Crippen LogP contribution in [0.1, 0.15) is 18.5 Å². The smallest absolute Gasteiger partial charge is 0.231 e. The van der Waals surface area contributed by atoms with Gasteiger partial charge in [-0.3, -0.25) is 0 Å². The van der Waals surface area contributed by atoms with Gasteiger partial charge < -0.3 is 19.7 Å². The molecule has 144 valence electrons.